The first-order chi connectivity index (χ1) is 6.07. The normalized spacial score (nSPS) is 10.5. The fraction of sp³-hybridized carbons (Fsp3) is 0.286. The molecule has 0 aliphatic rings. The fourth-order valence-corrected chi connectivity index (χ4v) is 0.835. The van der Waals surface area contributed by atoms with Crippen molar-refractivity contribution in [1.82, 2.24) is 4.98 Å². The zero-order chi connectivity index (χ0) is 10.0. The molecule has 0 atom stereocenters. The molecule has 13 heavy (non-hydrogen) atoms. The minimum Gasteiger partial charge on any atom is -0.500 e. The summed E-state index contributed by atoms with van der Waals surface area (Å²) in [5.74, 6) is -1.06. The summed E-state index contributed by atoms with van der Waals surface area (Å²) in [5.41, 5.74) is -1.90. The number of aromatic amines is 1. The SMILES string of the molecule is COc1[nH]cc(C(F)F)c(=O)c1O. The molecule has 1 aromatic heterocycles. The summed E-state index contributed by atoms with van der Waals surface area (Å²) >= 11 is 0. The maximum atomic E-state index is 12.1. The number of alkyl halides is 2. The van der Waals surface area contributed by atoms with Crippen molar-refractivity contribution in [1.29, 1.82) is 0 Å². The van der Waals surface area contributed by atoms with E-state index in [2.05, 4.69) is 9.72 Å². The smallest absolute Gasteiger partial charge is 0.269 e. The Hall–Kier alpha value is -1.59. The Balaban J connectivity index is 3.32. The number of pyridine rings is 1. The molecule has 4 nitrogen and oxygen atoms in total. The topological polar surface area (TPSA) is 62.3 Å². The van der Waals surface area contributed by atoms with Crippen molar-refractivity contribution in [2.45, 2.75) is 6.43 Å². The predicted molar refractivity (Wildman–Crippen MR) is 40.2 cm³/mol. The Morgan fingerprint density at radius 1 is 1.62 bits per heavy atom. The molecule has 0 aliphatic carbocycles. The third-order valence-corrected chi connectivity index (χ3v) is 1.49. The lowest BCUT2D eigenvalue weighted by Crippen LogP contribution is -2.10. The Morgan fingerprint density at radius 2 is 2.23 bits per heavy atom. The average molecular weight is 191 g/mol. The van der Waals surface area contributed by atoms with Crippen LogP contribution in [0.4, 0.5) is 8.78 Å². The van der Waals surface area contributed by atoms with Gasteiger partial charge in [-0.2, -0.15) is 0 Å². The fourth-order valence-electron chi connectivity index (χ4n) is 0.835. The van der Waals surface area contributed by atoms with Crippen molar-refractivity contribution >= 4 is 0 Å². The van der Waals surface area contributed by atoms with Crippen LogP contribution in [0.5, 0.6) is 11.6 Å². The van der Waals surface area contributed by atoms with E-state index in [9.17, 15) is 13.6 Å². The number of halogens is 2. The van der Waals surface area contributed by atoms with E-state index in [0.29, 0.717) is 0 Å². The Labute approximate surface area is 71.8 Å². The number of rotatable bonds is 2. The van der Waals surface area contributed by atoms with Crippen molar-refractivity contribution in [3.05, 3.63) is 22.0 Å². The van der Waals surface area contributed by atoms with Crippen LogP contribution in [0, 0.1) is 0 Å². The number of hydrogen-bond acceptors (Lipinski definition) is 3. The van der Waals surface area contributed by atoms with Gasteiger partial charge in [0.2, 0.25) is 17.1 Å². The van der Waals surface area contributed by atoms with Crippen LogP contribution < -0.4 is 10.2 Å². The second kappa shape index (κ2) is 3.42. The van der Waals surface area contributed by atoms with Gasteiger partial charge >= 0.3 is 0 Å². The number of H-pyrrole nitrogens is 1. The van der Waals surface area contributed by atoms with Gasteiger partial charge in [0.15, 0.2) is 0 Å². The highest BCUT2D eigenvalue weighted by molar-refractivity contribution is 5.35. The second-order valence-electron chi connectivity index (χ2n) is 2.26. The maximum Gasteiger partial charge on any atom is 0.269 e. The van der Waals surface area contributed by atoms with Gasteiger partial charge in [0.05, 0.1) is 12.7 Å². The summed E-state index contributed by atoms with van der Waals surface area (Å²) in [6.45, 7) is 0. The van der Waals surface area contributed by atoms with Gasteiger partial charge in [-0.25, -0.2) is 8.78 Å². The summed E-state index contributed by atoms with van der Waals surface area (Å²) in [4.78, 5) is 13.2. The standard InChI is InChI=1S/C7H7F2NO3/c1-13-7-5(12)4(11)3(2-10-7)6(8)9/h2,6,12H,1H3,(H,10,11). The number of methoxy groups -OCH3 is 1. The van der Waals surface area contributed by atoms with Crippen LogP contribution >= 0.6 is 0 Å². The number of hydrogen-bond donors (Lipinski definition) is 2. The molecule has 0 amide bonds. The molecule has 0 saturated heterocycles. The highest BCUT2D eigenvalue weighted by Crippen LogP contribution is 2.22. The first-order valence-corrected chi connectivity index (χ1v) is 3.34. The lowest BCUT2D eigenvalue weighted by Gasteiger charge is -2.04. The van der Waals surface area contributed by atoms with E-state index in [1.54, 1.807) is 0 Å². The van der Waals surface area contributed by atoms with E-state index in [0.717, 1.165) is 6.20 Å². The van der Waals surface area contributed by atoms with E-state index in [4.69, 9.17) is 5.11 Å². The van der Waals surface area contributed by atoms with E-state index >= 15 is 0 Å². The number of aromatic nitrogens is 1. The molecule has 0 aromatic carbocycles. The third kappa shape index (κ3) is 1.61. The molecule has 1 aromatic rings. The molecule has 0 aliphatic heterocycles. The minimum atomic E-state index is -2.92. The average Bonchev–Trinajstić information content (AvgIpc) is 2.09. The van der Waals surface area contributed by atoms with Crippen LogP contribution in [-0.4, -0.2) is 17.2 Å². The van der Waals surface area contributed by atoms with Crippen LogP contribution in [-0.2, 0) is 0 Å². The molecule has 1 heterocycles. The van der Waals surface area contributed by atoms with E-state index in [1.165, 1.54) is 7.11 Å². The maximum absolute atomic E-state index is 12.1. The summed E-state index contributed by atoms with van der Waals surface area (Å²) < 4.78 is 28.7. The molecule has 0 radical (unpaired) electrons. The van der Waals surface area contributed by atoms with E-state index in [-0.39, 0.29) is 5.88 Å². The van der Waals surface area contributed by atoms with Gasteiger partial charge in [-0.1, -0.05) is 0 Å². The summed E-state index contributed by atoms with van der Waals surface area (Å²) in [6.07, 6.45) is -2.11. The monoisotopic (exact) mass is 191 g/mol. The predicted octanol–water partition coefficient (Wildman–Crippen LogP) is 1.03. The van der Waals surface area contributed by atoms with Crippen LogP contribution in [0.2, 0.25) is 0 Å². The molecular weight excluding hydrogens is 184 g/mol. The quantitative estimate of drug-likeness (QED) is 0.733. The van der Waals surface area contributed by atoms with Crippen LogP contribution in [0.1, 0.15) is 12.0 Å². The Bertz CT molecular complexity index is 361. The highest BCUT2D eigenvalue weighted by Gasteiger charge is 2.17. The van der Waals surface area contributed by atoms with Crippen molar-refractivity contribution < 1.29 is 18.6 Å². The van der Waals surface area contributed by atoms with E-state index in [1.807, 2.05) is 0 Å². The number of nitrogens with one attached hydrogen (secondary N) is 1. The molecule has 0 bridgehead atoms. The molecule has 2 N–H and O–H groups in total. The Morgan fingerprint density at radius 3 is 2.69 bits per heavy atom. The molecule has 6 heteroatoms. The molecule has 0 unspecified atom stereocenters. The van der Waals surface area contributed by atoms with Gasteiger partial charge in [0.1, 0.15) is 0 Å². The van der Waals surface area contributed by atoms with E-state index < -0.39 is 23.2 Å². The number of ether oxygens (including phenoxy) is 1. The van der Waals surface area contributed by atoms with Gasteiger partial charge in [-0.05, 0) is 0 Å². The molecule has 0 fully saturated rings. The molecule has 0 spiro atoms. The van der Waals surface area contributed by atoms with Crippen LogP contribution in [0.25, 0.3) is 0 Å². The van der Waals surface area contributed by atoms with Gasteiger partial charge in [0.25, 0.3) is 6.43 Å². The lowest BCUT2D eigenvalue weighted by atomic mass is 10.2. The van der Waals surface area contributed by atoms with Crippen molar-refractivity contribution in [3.8, 4) is 11.6 Å². The third-order valence-electron chi connectivity index (χ3n) is 1.49. The first kappa shape index (κ1) is 9.50. The Kier molecular flexibility index (Phi) is 2.50. The van der Waals surface area contributed by atoms with Gasteiger partial charge in [0, 0.05) is 6.20 Å². The van der Waals surface area contributed by atoms with Crippen molar-refractivity contribution in [2.24, 2.45) is 0 Å². The first-order valence-electron chi connectivity index (χ1n) is 3.34. The summed E-state index contributed by atoms with van der Waals surface area (Å²) in [5, 5.41) is 9.03. The zero-order valence-electron chi connectivity index (χ0n) is 6.67. The summed E-state index contributed by atoms with van der Waals surface area (Å²) in [6, 6.07) is 0. The van der Waals surface area contributed by atoms with Gasteiger partial charge < -0.3 is 14.8 Å². The second-order valence-corrected chi connectivity index (χ2v) is 2.26. The van der Waals surface area contributed by atoms with Crippen molar-refractivity contribution in [2.75, 3.05) is 7.11 Å². The van der Waals surface area contributed by atoms with Crippen LogP contribution in [0.3, 0.4) is 0 Å². The molecule has 1 rings (SSSR count). The molecule has 72 valence electrons. The number of aromatic hydroxyl groups is 1. The zero-order valence-corrected chi connectivity index (χ0v) is 6.67. The van der Waals surface area contributed by atoms with Gasteiger partial charge in [-0.15, -0.1) is 0 Å². The highest BCUT2D eigenvalue weighted by atomic mass is 19.3. The minimum absolute atomic E-state index is 0.227. The van der Waals surface area contributed by atoms with Crippen molar-refractivity contribution in [3.63, 3.8) is 0 Å². The van der Waals surface area contributed by atoms with Crippen LogP contribution in [0.15, 0.2) is 11.0 Å². The largest absolute Gasteiger partial charge is 0.500 e. The van der Waals surface area contributed by atoms with Gasteiger partial charge in [-0.3, -0.25) is 4.79 Å². The lowest BCUT2D eigenvalue weighted by molar-refractivity contribution is 0.149. The molecular formula is C7H7F2NO3. The summed E-state index contributed by atoms with van der Waals surface area (Å²) in [7, 11) is 1.20. The molecule has 0 saturated carbocycles.